The van der Waals surface area contributed by atoms with Gasteiger partial charge in [0.2, 0.25) is 0 Å². The predicted molar refractivity (Wildman–Crippen MR) is 194 cm³/mol. The summed E-state index contributed by atoms with van der Waals surface area (Å²) in [6.45, 7) is 7.02. The molecule has 0 amide bonds. The molecule has 2 atom stereocenters. The molecule has 2 bridgehead atoms. The van der Waals surface area contributed by atoms with Crippen LogP contribution < -0.4 is 5.56 Å². The van der Waals surface area contributed by atoms with E-state index in [1.54, 1.807) is 0 Å². The van der Waals surface area contributed by atoms with Gasteiger partial charge in [0.25, 0.3) is 5.56 Å². The third-order valence-electron chi connectivity index (χ3n) is 11.7. The number of nitrogens with zero attached hydrogens (tertiary/aromatic N) is 2. The zero-order valence-electron chi connectivity index (χ0n) is 27.0. The Kier molecular flexibility index (Phi) is 6.02. The summed E-state index contributed by atoms with van der Waals surface area (Å²) in [6.07, 6.45) is 4.33. The first kappa shape index (κ1) is 28.0. The summed E-state index contributed by atoms with van der Waals surface area (Å²) in [5.74, 6) is 0.270. The van der Waals surface area contributed by atoms with Crippen molar-refractivity contribution in [3.63, 3.8) is 0 Å². The van der Waals surface area contributed by atoms with E-state index in [4.69, 9.17) is 4.98 Å². The molecule has 0 aliphatic heterocycles. The molecule has 0 radical (unpaired) electrons. The monoisotopic (exact) mass is 608 g/mol. The number of hydrogen-bond donors (Lipinski definition) is 0. The number of rotatable bonds is 4. The summed E-state index contributed by atoms with van der Waals surface area (Å²) in [5, 5.41) is 2.11. The fraction of sp³-hybridized carbons (Fsp3) is 0.182. The van der Waals surface area contributed by atoms with Crippen molar-refractivity contribution < 1.29 is 0 Å². The van der Waals surface area contributed by atoms with Gasteiger partial charge in [-0.25, -0.2) is 0 Å². The number of fused-ring (bicyclic) bond motifs is 9. The lowest BCUT2D eigenvalue weighted by Crippen LogP contribution is -2.33. The second-order valence-corrected chi connectivity index (χ2v) is 14.2. The quantitative estimate of drug-likeness (QED) is 0.186. The average molecular weight is 609 g/mol. The maximum absolute atomic E-state index is 13.7. The van der Waals surface area contributed by atoms with Crippen LogP contribution in [0.5, 0.6) is 0 Å². The molecular weight excluding hydrogens is 572 g/mol. The molecule has 2 aromatic heterocycles. The summed E-state index contributed by atoms with van der Waals surface area (Å²) in [7, 11) is 0. The van der Waals surface area contributed by atoms with Gasteiger partial charge in [0, 0.05) is 28.3 Å². The largest absolute Gasteiger partial charge is 0.304 e. The van der Waals surface area contributed by atoms with E-state index >= 15 is 0 Å². The van der Waals surface area contributed by atoms with E-state index in [2.05, 4.69) is 159 Å². The standard InChI is InChI=1S/C44H36N2O/c1-43(2)38-20-22-44(43,3)40-39(38)42(47)45-41-37-19-11-18-35(36(37)21-23-46(40)41)31-17-10-16-30(24-31)34-26-32(28-12-6-4-7-13-28)25-33(27-34)29-14-8-5-9-15-29/h4-19,21,23-27,38H,20,22H2,1-3H3. The van der Waals surface area contributed by atoms with Gasteiger partial charge in [-0.1, -0.05) is 118 Å². The molecule has 0 N–H and O–H groups in total. The maximum atomic E-state index is 13.7. The van der Waals surface area contributed by atoms with Gasteiger partial charge >= 0.3 is 0 Å². The van der Waals surface area contributed by atoms with Crippen LogP contribution in [0.1, 0.15) is 50.8 Å². The zero-order valence-corrected chi connectivity index (χ0v) is 27.0. The van der Waals surface area contributed by atoms with Crippen LogP contribution >= 0.6 is 0 Å². The second kappa shape index (κ2) is 10.1. The minimum absolute atomic E-state index is 0.0346. The molecule has 7 aromatic rings. The molecule has 1 saturated carbocycles. The van der Waals surface area contributed by atoms with Crippen LogP contribution in [-0.4, -0.2) is 9.38 Å². The molecule has 0 spiro atoms. The van der Waals surface area contributed by atoms with Crippen LogP contribution in [0.3, 0.4) is 0 Å². The lowest BCUT2D eigenvalue weighted by atomic mass is 9.70. The Balaban J connectivity index is 1.21. The lowest BCUT2D eigenvalue weighted by molar-refractivity contribution is 0.226. The van der Waals surface area contributed by atoms with Crippen LogP contribution in [0.15, 0.2) is 138 Å². The zero-order chi connectivity index (χ0) is 31.9. The van der Waals surface area contributed by atoms with Gasteiger partial charge in [-0.05, 0) is 104 Å². The number of aromatic nitrogens is 2. The highest BCUT2D eigenvalue weighted by Gasteiger charge is 2.61. The molecule has 9 rings (SSSR count). The van der Waals surface area contributed by atoms with Crippen molar-refractivity contribution >= 4 is 16.4 Å². The summed E-state index contributed by atoms with van der Waals surface area (Å²) >= 11 is 0. The van der Waals surface area contributed by atoms with E-state index in [0.29, 0.717) is 0 Å². The minimum Gasteiger partial charge on any atom is -0.304 e. The molecule has 1 fully saturated rings. The van der Waals surface area contributed by atoms with Crippen molar-refractivity contribution in [2.24, 2.45) is 5.41 Å². The first-order valence-corrected chi connectivity index (χ1v) is 16.7. The van der Waals surface area contributed by atoms with Crippen molar-refractivity contribution in [2.75, 3.05) is 0 Å². The first-order valence-electron chi connectivity index (χ1n) is 16.7. The van der Waals surface area contributed by atoms with Crippen molar-refractivity contribution in [2.45, 2.75) is 44.9 Å². The van der Waals surface area contributed by atoms with Gasteiger partial charge in [-0.3, -0.25) is 4.79 Å². The second-order valence-electron chi connectivity index (χ2n) is 14.2. The highest BCUT2D eigenvalue weighted by atomic mass is 16.1. The smallest absolute Gasteiger partial charge is 0.277 e. The van der Waals surface area contributed by atoms with Crippen LogP contribution in [0.25, 0.3) is 60.9 Å². The van der Waals surface area contributed by atoms with Crippen molar-refractivity contribution in [3.05, 3.63) is 155 Å². The van der Waals surface area contributed by atoms with Crippen molar-refractivity contribution in [3.8, 4) is 44.5 Å². The molecule has 228 valence electrons. The van der Waals surface area contributed by atoms with Crippen LogP contribution in [0.4, 0.5) is 0 Å². The molecule has 47 heavy (non-hydrogen) atoms. The van der Waals surface area contributed by atoms with Crippen LogP contribution in [0, 0.1) is 5.41 Å². The van der Waals surface area contributed by atoms with Gasteiger partial charge in [0.15, 0.2) is 0 Å². The Labute approximate surface area is 275 Å². The molecule has 2 aliphatic rings. The molecule has 2 aliphatic carbocycles. The number of hydrogen-bond acceptors (Lipinski definition) is 2. The van der Waals surface area contributed by atoms with Gasteiger partial charge in [0.05, 0.1) is 0 Å². The Bertz CT molecular complexity index is 2370. The van der Waals surface area contributed by atoms with Gasteiger partial charge in [0.1, 0.15) is 5.65 Å². The third kappa shape index (κ3) is 4.05. The van der Waals surface area contributed by atoms with Gasteiger partial charge in [-0.2, -0.15) is 4.98 Å². The fourth-order valence-electron chi connectivity index (χ4n) is 8.78. The molecule has 5 aromatic carbocycles. The third-order valence-corrected chi connectivity index (χ3v) is 11.7. The molecule has 3 heteroatoms. The van der Waals surface area contributed by atoms with E-state index in [-0.39, 0.29) is 22.3 Å². The van der Waals surface area contributed by atoms with E-state index in [1.165, 1.54) is 33.5 Å². The Morgan fingerprint density at radius 2 is 1.19 bits per heavy atom. The SMILES string of the molecule is CC12CCC(c3c1n1ccc4c(-c5cccc(-c6cc(-c7ccccc7)cc(-c7ccccc7)c6)c5)cccc4c1nc3=O)C2(C)C. The maximum Gasteiger partial charge on any atom is 0.277 e. The normalized spacial score (nSPS) is 19.3. The molecule has 2 unspecified atom stereocenters. The van der Waals surface area contributed by atoms with Gasteiger partial charge < -0.3 is 4.40 Å². The summed E-state index contributed by atoms with van der Waals surface area (Å²) in [4.78, 5) is 18.5. The first-order chi connectivity index (χ1) is 22.8. The number of pyridine rings is 1. The van der Waals surface area contributed by atoms with Crippen LogP contribution in [0.2, 0.25) is 0 Å². The van der Waals surface area contributed by atoms with Crippen LogP contribution in [-0.2, 0) is 5.41 Å². The molecule has 2 heterocycles. The highest BCUT2D eigenvalue weighted by molar-refractivity contribution is 6.03. The predicted octanol–water partition coefficient (Wildman–Crippen LogP) is 10.7. The van der Waals surface area contributed by atoms with E-state index < -0.39 is 0 Å². The molecular formula is C44H36N2O. The lowest BCUT2D eigenvalue weighted by Gasteiger charge is -2.35. The molecule has 0 saturated heterocycles. The van der Waals surface area contributed by atoms with E-state index in [0.717, 1.165) is 51.5 Å². The summed E-state index contributed by atoms with van der Waals surface area (Å²) < 4.78 is 2.24. The average Bonchev–Trinajstić information content (AvgIpc) is 3.45. The van der Waals surface area contributed by atoms with Gasteiger partial charge in [-0.15, -0.1) is 0 Å². The summed E-state index contributed by atoms with van der Waals surface area (Å²) in [6, 6.07) is 45.5. The number of benzene rings is 5. The fourth-order valence-corrected chi connectivity index (χ4v) is 8.78. The van der Waals surface area contributed by atoms with Crippen molar-refractivity contribution in [1.82, 2.24) is 9.38 Å². The Morgan fingerprint density at radius 1 is 0.617 bits per heavy atom. The Morgan fingerprint density at radius 3 is 1.87 bits per heavy atom. The minimum atomic E-state index is -0.0511. The highest BCUT2D eigenvalue weighted by Crippen LogP contribution is 2.66. The van der Waals surface area contributed by atoms with E-state index in [9.17, 15) is 4.79 Å². The topological polar surface area (TPSA) is 34.4 Å². The summed E-state index contributed by atoms with van der Waals surface area (Å²) in [5.41, 5.74) is 12.2. The molecule has 3 nitrogen and oxygen atoms in total. The van der Waals surface area contributed by atoms with E-state index in [1.807, 2.05) is 0 Å². The Hall–Kier alpha value is -5.28. The van der Waals surface area contributed by atoms with Crippen molar-refractivity contribution in [1.29, 1.82) is 0 Å².